The number of hydrogen-bond acceptors (Lipinski definition) is 3. The molecule has 2 N–H and O–H groups in total. The first-order valence-electron chi connectivity index (χ1n) is 5.92. The van der Waals surface area contributed by atoms with E-state index in [0.717, 1.165) is 18.8 Å². The van der Waals surface area contributed by atoms with Gasteiger partial charge < -0.3 is 15.5 Å². The molecule has 1 unspecified atom stereocenters. The number of nitrogen functional groups attached to an aromatic ring is 1. The van der Waals surface area contributed by atoms with E-state index in [1.807, 2.05) is 14.1 Å². The third-order valence-corrected chi connectivity index (χ3v) is 2.80. The summed E-state index contributed by atoms with van der Waals surface area (Å²) in [7, 11) is 4.05. The van der Waals surface area contributed by atoms with Crippen LogP contribution in [0.25, 0.3) is 0 Å². The number of rotatable bonds is 5. The van der Waals surface area contributed by atoms with Gasteiger partial charge in [0.1, 0.15) is 5.82 Å². The third kappa shape index (κ3) is 3.60. The fourth-order valence-electron chi connectivity index (χ4n) is 2.11. The summed E-state index contributed by atoms with van der Waals surface area (Å²) in [6, 6.07) is 4.81. The zero-order chi connectivity index (χ0) is 13.0. The van der Waals surface area contributed by atoms with E-state index in [-0.39, 0.29) is 5.82 Å². The highest BCUT2D eigenvalue weighted by atomic mass is 19.1. The van der Waals surface area contributed by atoms with E-state index in [1.54, 1.807) is 6.07 Å². The molecule has 0 saturated carbocycles. The minimum Gasteiger partial charge on any atom is -0.397 e. The zero-order valence-corrected chi connectivity index (χ0v) is 11.1. The number of anilines is 2. The van der Waals surface area contributed by atoms with E-state index in [0.29, 0.717) is 11.7 Å². The van der Waals surface area contributed by atoms with Crippen molar-refractivity contribution < 1.29 is 4.39 Å². The largest absolute Gasteiger partial charge is 0.397 e. The van der Waals surface area contributed by atoms with Gasteiger partial charge in [-0.1, -0.05) is 0 Å². The molecule has 96 valence electrons. The molecule has 0 heterocycles. The van der Waals surface area contributed by atoms with Gasteiger partial charge in [-0.3, -0.25) is 0 Å². The first-order valence-corrected chi connectivity index (χ1v) is 5.92. The molecule has 0 radical (unpaired) electrons. The summed E-state index contributed by atoms with van der Waals surface area (Å²) >= 11 is 0. The first-order chi connectivity index (χ1) is 7.95. The van der Waals surface area contributed by atoms with Crippen LogP contribution < -0.4 is 10.6 Å². The van der Waals surface area contributed by atoms with Crippen molar-refractivity contribution in [1.29, 1.82) is 0 Å². The fourth-order valence-corrected chi connectivity index (χ4v) is 2.11. The van der Waals surface area contributed by atoms with Gasteiger partial charge in [0, 0.05) is 19.1 Å². The maximum Gasteiger partial charge on any atom is 0.125 e. The minimum atomic E-state index is -0.246. The molecule has 1 aromatic carbocycles. The van der Waals surface area contributed by atoms with E-state index in [4.69, 9.17) is 5.73 Å². The molecular weight excluding hydrogens is 217 g/mol. The Labute approximate surface area is 103 Å². The average molecular weight is 239 g/mol. The van der Waals surface area contributed by atoms with Crippen molar-refractivity contribution in [3.05, 3.63) is 24.0 Å². The lowest BCUT2D eigenvalue weighted by Gasteiger charge is -2.32. The van der Waals surface area contributed by atoms with Gasteiger partial charge in [-0.2, -0.15) is 0 Å². The Balaban J connectivity index is 2.96. The van der Waals surface area contributed by atoms with E-state index < -0.39 is 0 Å². The highest BCUT2D eigenvalue weighted by molar-refractivity contribution is 5.67. The number of likely N-dealkylation sites (N-methyl/N-ethyl adjacent to an activating group) is 2. The molecule has 3 nitrogen and oxygen atoms in total. The summed E-state index contributed by atoms with van der Waals surface area (Å²) in [5.74, 6) is -0.246. The van der Waals surface area contributed by atoms with E-state index in [9.17, 15) is 4.39 Å². The van der Waals surface area contributed by atoms with Crippen LogP contribution >= 0.6 is 0 Å². The minimum absolute atomic E-state index is 0.246. The Bertz CT molecular complexity index is 366. The molecule has 0 aromatic heterocycles. The Morgan fingerprint density at radius 3 is 2.53 bits per heavy atom. The Kier molecular flexibility index (Phi) is 4.75. The van der Waals surface area contributed by atoms with Gasteiger partial charge in [0.15, 0.2) is 0 Å². The number of nitrogens with zero attached hydrogens (tertiary/aromatic N) is 2. The molecule has 0 fully saturated rings. The summed E-state index contributed by atoms with van der Waals surface area (Å²) in [5.41, 5.74) is 7.32. The summed E-state index contributed by atoms with van der Waals surface area (Å²) in [5, 5.41) is 0. The monoisotopic (exact) mass is 239 g/mol. The van der Waals surface area contributed by atoms with Gasteiger partial charge in [-0.05, 0) is 46.1 Å². The third-order valence-electron chi connectivity index (χ3n) is 2.80. The smallest absolute Gasteiger partial charge is 0.125 e. The Morgan fingerprint density at radius 1 is 1.35 bits per heavy atom. The number of halogens is 1. The van der Waals surface area contributed by atoms with Crippen molar-refractivity contribution >= 4 is 11.4 Å². The standard InChI is InChI=1S/C13H22FN3/c1-5-17(10(2)9-16(3)4)13-8-11(14)6-7-12(13)15/h6-8,10H,5,9,15H2,1-4H3. The second-order valence-electron chi connectivity index (χ2n) is 4.60. The first kappa shape index (κ1) is 13.8. The van der Waals surface area contributed by atoms with Crippen LogP contribution in [0.4, 0.5) is 15.8 Å². The molecule has 0 saturated heterocycles. The predicted octanol–water partition coefficient (Wildman–Crippen LogP) is 2.18. The van der Waals surface area contributed by atoms with Crippen molar-refractivity contribution in [1.82, 2.24) is 4.90 Å². The summed E-state index contributed by atoms with van der Waals surface area (Å²) in [4.78, 5) is 4.24. The van der Waals surface area contributed by atoms with Gasteiger partial charge in [-0.15, -0.1) is 0 Å². The SMILES string of the molecule is CCN(c1cc(F)ccc1N)C(C)CN(C)C. The van der Waals surface area contributed by atoms with E-state index in [2.05, 4.69) is 23.6 Å². The fraction of sp³-hybridized carbons (Fsp3) is 0.538. The van der Waals surface area contributed by atoms with Crippen LogP contribution in [0, 0.1) is 5.82 Å². The molecule has 0 aliphatic carbocycles. The number of hydrogen-bond donors (Lipinski definition) is 1. The molecule has 0 aliphatic rings. The highest BCUT2D eigenvalue weighted by Gasteiger charge is 2.16. The van der Waals surface area contributed by atoms with Crippen molar-refractivity contribution in [3.8, 4) is 0 Å². The number of nitrogens with two attached hydrogens (primary N) is 1. The van der Waals surface area contributed by atoms with Crippen LogP contribution in [0.1, 0.15) is 13.8 Å². The maximum absolute atomic E-state index is 13.3. The van der Waals surface area contributed by atoms with Crippen molar-refractivity contribution in [2.45, 2.75) is 19.9 Å². The van der Waals surface area contributed by atoms with Crippen molar-refractivity contribution in [3.63, 3.8) is 0 Å². The molecule has 0 amide bonds. The zero-order valence-electron chi connectivity index (χ0n) is 11.1. The van der Waals surface area contributed by atoms with Crippen LogP contribution in [-0.4, -0.2) is 38.1 Å². The quantitative estimate of drug-likeness (QED) is 0.799. The predicted molar refractivity (Wildman–Crippen MR) is 71.8 cm³/mol. The molecule has 17 heavy (non-hydrogen) atoms. The highest BCUT2D eigenvalue weighted by Crippen LogP contribution is 2.25. The van der Waals surface area contributed by atoms with Gasteiger partial charge in [0.25, 0.3) is 0 Å². The van der Waals surface area contributed by atoms with E-state index in [1.165, 1.54) is 12.1 Å². The molecule has 0 spiro atoms. The summed E-state index contributed by atoms with van der Waals surface area (Å²) < 4.78 is 13.3. The lowest BCUT2D eigenvalue weighted by molar-refractivity contribution is 0.373. The van der Waals surface area contributed by atoms with Gasteiger partial charge in [0.05, 0.1) is 11.4 Å². The lowest BCUT2D eigenvalue weighted by Crippen LogP contribution is -2.40. The Hall–Kier alpha value is -1.29. The van der Waals surface area contributed by atoms with Gasteiger partial charge >= 0.3 is 0 Å². The van der Waals surface area contributed by atoms with Crippen LogP contribution in [-0.2, 0) is 0 Å². The molecule has 4 heteroatoms. The molecule has 1 aromatic rings. The number of benzene rings is 1. The second kappa shape index (κ2) is 5.87. The van der Waals surface area contributed by atoms with Crippen LogP contribution in [0.15, 0.2) is 18.2 Å². The van der Waals surface area contributed by atoms with Crippen molar-refractivity contribution in [2.75, 3.05) is 37.8 Å². The molecule has 0 bridgehead atoms. The van der Waals surface area contributed by atoms with Crippen LogP contribution in [0.2, 0.25) is 0 Å². The maximum atomic E-state index is 13.3. The van der Waals surface area contributed by atoms with Gasteiger partial charge in [-0.25, -0.2) is 4.39 Å². The molecular formula is C13H22FN3. The van der Waals surface area contributed by atoms with Gasteiger partial charge in [0.2, 0.25) is 0 Å². The molecule has 0 aliphatic heterocycles. The topological polar surface area (TPSA) is 32.5 Å². The van der Waals surface area contributed by atoms with E-state index >= 15 is 0 Å². The average Bonchev–Trinajstić information content (AvgIpc) is 2.23. The Morgan fingerprint density at radius 2 is 2.00 bits per heavy atom. The molecule has 1 atom stereocenters. The van der Waals surface area contributed by atoms with Crippen LogP contribution in [0.5, 0.6) is 0 Å². The molecule has 1 rings (SSSR count). The van der Waals surface area contributed by atoms with Crippen molar-refractivity contribution in [2.24, 2.45) is 0 Å². The second-order valence-corrected chi connectivity index (χ2v) is 4.60. The summed E-state index contributed by atoms with van der Waals surface area (Å²) in [6.45, 7) is 5.89. The normalized spacial score (nSPS) is 12.8. The van der Waals surface area contributed by atoms with Crippen LogP contribution in [0.3, 0.4) is 0 Å². The lowest BCUT2D eigenvalue weighted by atomic mass is 10.2. The summed E-state index contributed by atoms with van der Waals surface area (Å²) in [6.07, 6.45) is 0.